The van der Waals surface area contributed by atoms with Crippen molar-refractivity contribution >= 4 is 5.97 Å². The van der Waals surface area contributed by atoms with Crippen LogP contribution in [-0.2, 0) is 10.2 Å². The second-order valence-corrected chi connectivity index (χ2v) is 6.20. The zero-order valence-corrected chi connectivity index (χ0v) is 10.9. The van der Waals surface area contributed by atoms with Crippen molar-refractivity contribution in [2.45, 2.75) is 33.1 Å². The van der Waals surface area contributed by atoms with E-state index < -0.39 is 5.97 Å². The Bertz CT molecular complexity index is 431. The van der Waals surface area contributed by atoms with Gasteiger partial charge in [-0.2, -0.15) is 0 Å². The monoisotopic (exact) mass is 232 g/mol. The second-order valence-electron chi connectivity index (χ2n) is 6.20. The SMILES string of the molecule is CC(C)(c1ccccc1)[C@@H]1[C@@H](C(=O)O)C1(C)C. The summed E-state index contributed by atoms with van der Waals surface area (Å²) in [5.74, 6) is -0.684. The molecule has 1 saturated carbocycles. The minimum Gasteiger partial charge on any atom is -0.481 e. The maximum atomic E-state index is 11.3. The fraction of sp³-hybridized carbons (Fsp3) is 0.533. The molecule has 0 radical (unpaired) electrons. The first-order valence-corrected chi connectivity index (χ1v) is 6.08. The summed E-state index contributed by atoms with van der Waals surface area (Å²) in [4.78, 5) is 11.3. The first-order chi connectivity index (χ1) is 7.79. The Morgan fingerprint density at radius 2 is 1.76 bits per heavy atom. The molecule has 1 aliphatic rings. The molecule has 2 atom stereocenters. The summed E-state index contributed by atoms with van der Waals surface area (Å²) in [7, 11) is 0. The summed E-state index contributed by atoms with van der Waals surface area (Å²) in [6.45, 7) is 8.41. The first-order valence-electron chi connectivity index (χ1n) is 6.08. The number of carboxylic acid groups (broad SMARTS) is 1. The predicted molar refractivity (Wildman–Crippen MR) is 67.9 cm³/mol. The third-order valence-electron chi connectivity index (χ3n) is 4.39. The molecule has 2 heteroatoms. The number of carboxylic acids is 1. The van der Waals surface area contributed by atoms with Gasteiger partial charge in [-0.1, -0.05) is 58.0 Å². The molecule has 0 spiro atoms. The van der Waals surface area contributed by atoms with E-state index in [2.05, 4.69) is 39.8 Å². The lowest BCUT2D eigenvalue weighted by molar-refractivity contribution is -0.139. The highest BCUT2D eigenvalue weighted by Gasteiger charge is 2.67. The van der Waals surface area contributed by atoms with E-state index in [1.165, 1.54) is 5.56 Å². The highest BCUT2D eigenvalue weighted by atomic mass is 16.4. The molecular weight excluding hydrogens is 212 g/mol. The Kier molecular flexibility index (Phi) is 2.57. The maximum Gasteiger partial charge on any atom is 0.307 e. The van der Waals surface area contributed by atoms with E-state index in [0.29, 0.717) is 0 Å². The van der Waals surface area contributed by atoms with Crippen LogP contribution in [0.25, 0.3) is 0 Å². The van der Waals surface area contributed by atoms with Crippen LogP contribution in [0, 0.1) is 17.3 Å². The van der Waals surface area contributed by atoms with E-state index in [-0.39, 0.29) is 22.7 Å². The molecule has 1 aromatic rings. The van der Waals surface area contributed by atoms with Crippen LogP contribution >= 0.6 is 0 Å². The van der Waals surface area contributed by atoms with Gasteiger partial charge in [0.1, 0.15) is 0 Å². The Labute approximate surface area is 103 Å². The lowest BCUT2D eigenvalue weighted by Gasteiger charge is -2.27. The van der Waals surface area contributed by atoms with Crippen LogP contribution in [-0.4, -0.2) is 11.1 Å². The summed E-state index contributed by atoms with van der Waals surface area (Å²) in [6.07, 6.45) is 0. The third kappa shape index (κ3) is 1.76. The van der Waals surface area contributed by atoms with Crippen molar-refractivity contribution in [3.8, 4) is 0 Å². The van der Waals surface area contributed by atoms with Gasteiger partial charge in [0.2, 0.25) is 0 Å². The smallest absolute Gasteiger partial charge is 0.307 e. The topological polar surface area (TPSA) is 37.3 Å². The molecular formula is C15H20O2. The Morgan fingerprint density at radius 3 is 2.18 bits per heavy atom. The zero-order valence-electron chi connectivity index (χ0n) is 10.9. The van der Waals surface area contributed by atoms with Crippen molar-refractivity contribution in [1.82, 2.24) is 0 Å². The molecule has 0 heterocycles. The molecule has 2 rings (SSSR count). The maximum absolute atomic E-state index is 11.3. The van der Waals surface area contributed by atoms with Crippen LogP contribution in [0.2, 0.25) is 0 Å². The van der Waals surface area contributed by atoms with Gasteiger partial charge < -0.3 is 5.11 Å². The van der Waals surface area contributed by atoms with Crippen LogP contribution in [0.1, 0.15) is 33.3 Å². The average Bonchev–Trinajstić information content (AvgIpc) is 2.84. The molecule has 0 aliphatic heterocycles. The van der Waals surface area contributed by atoms with Crippen molar-refractivity contribution < 1.29 is 9.90 Å². The fourth-order valence-electron chi connectivity index (χ4n) is 3.49. The van der Waals surface area contributed by atoms with Crippen LogP contribution in [0.15, 0.2) is 30.3 Å². The van der Waals surface area contributed by atoms with Gasteiger partial charge >= 0.3 is 5.97 Å². The van der Waals surface area contributed by atoms with Crippen molar-refractivity contribution in [3.63, 3.8) is 0 Å². The standard InChI is InChI=1S/C15H20O2/c1-14(2,10-8-6-5-7-9-10)12-11(13(16)17)15(12,3)4/h5-9,11-12H,1-4H3,(H,16,17)/t11-,12-/m0/s1. The third-order valence-corrected chi connectivity index (χ3v) is 4.39. The van der Waals surface area contributed by atoms with E-state index >= 15 is 0 Å². The van der Waals surface area contributed by atoms with E-state index in [1.807, 2.05) is 18.2 Å². The minimum atomic E-state index is -0.663. The van der Waals surface area contributed by atoms with E-state index in [9.17, 15) is 9.90 Å². The van der Waals surface area contributed by atoms with Crippen LogP contribution in [0.3, 0.4) is 0 Å². The summed E-state index contributed by atoms with van der Waals surface area (Å²) >= 11 is 0. The van der Waals surface area contributed by atoms with E-state index in [4.69, 9.17) is 0 Å². The summed E-state index contributed by atoms with van der Waals surface area (Å²) in [6, 6.07) is 10.2. The van der Waals surface area contributed by atoms with Crippen molar-refractivity contribution in [2.24, 2.45) is 17.3 Å². The molecule has 0 aromatic heterocycles. The zero-order chi connectivity index (χ0) is 12.8. The van der Waals surface area contributed by atoms with Crippen molar-refractivity contribution in [3.05, 3.63) is 35.9 Å². The van der Waals surface area contributed by atoms with Gasteiger partial charge in [-0.3, -0.25) is 4.79 Å². The molecule has 1 N–H and O–H groups in total. The van der Waals surface area contributed by atoms with Gasteiger partial charge in [0.15, 0.2) is 0 Å². The van der Waals surface area contributed by atoms with Crippen LogP contribution in [0.4, 0.5) is 0 Å². The fourth-order valence-corrected chi connectivity index (χ4v) is 3.49. The van der Waals surface area contributed by atoms with Gasteiger partial charge in [0, 0.05) is 0 Å². The second kappa shape index (κ2) is 3.59. The molecule has 0 bridgehead atoms. The highest BCUT2D eigenvalue weighted by molar-refractivity contribution is 5.76. The molecule has 92 valence electrons. The number of rotatable bonds is 3. The van der Waals surface area contributed by atoms with Crippen molar-refractivity contribution in [1.29, 1.82) is 0 Å². The number of benzene rings is 1. The quantitative estimate of drug-likeness (QED) is 0.868. The summed E-state index contributed by atoms with van der Waals surface area (Å²) in [5, 5.41) is 9.27. The molecule has 0 amide bonds. The molecule has 17 heavy (non-hydrogen) atoms. The molecule has 1 aliphatic carbocycles. The van der Waals surface area contributed by atoms with Crippen molar-refractivity contribution in [2.75, 3.05) is 0 Å². The molecule has 1 fully saturated rings. The highest BCUT2D eigenvalue weighted by Crippen LogP contribution is 2.65. The normalized spacial score (nSPS) is 26.6. The first kappa shape index (κ1) is 12.2. The summed E-state index contributed by atoms with van der Waals surface area (Å²) < 4.78 is 0. The average molecular weight is 232 g/mol. The Hall–Kier alpha value is -1.31. The number of carbonyl (C=O) groups is 1. The lowest BCUT2D eigenvalue weighted by atomic mass is 9.77. The number of aliphatic carboxylic acids is 1. The van der Waals surface area contributed by atoms with E-state index in [0.717, 1.165) is 0 Å². The van der Waals surface area contributed by atoms with Gasteiger partial charge in [-0.05, 0) is 22.3 Å². The van der Waals surface area contributed by atoms with Crippen LogP contribution < -0.4 is 0 Å². The Balaban J connectivity index is 2.33. The van der Waals surface area contributed by atoms with Gasteiger partial charge in [-0.25, -0.2) is 0 Å². The molecule has 0 saturated heterocycles. The van der Waals surface area contributed by atoms with Gasteiger partial charge in [0.25, 0.3) is 0 Å². The summed E-state index contributed by atoms with van der Waals surface area (Å²) in [5.41, 5.74) is 1.03. The molecule has 0 unspecified atom stereocenters. The number of hydrogen-bond acceptors (Lipinski definition) is 1. The minimum absolute atomic E-state index is 0.0895. The van der Waals surface area contributed by atoms with Gasteiger partial charge in [0.05, 0.1) is 5.92 Å². The molecule has 1 aromatic carbocycles. The van der Waals surface area contributed by atoms with Crippen LogP contribution in [0.5, 0.6) is 0 Å². The molecule has 2 nitrogen and oxygen atoms in total. The Morgan fingerprint density at radius 1 is 1.24 bits per heavy atom. The number of hydrogen-bond donors (Lipinski definition) is 1. The van der Waals surface area contributed by atoms with Gasteiger partial charge in [-0.15, -0.1) is 0 Å². The largest absolute Gasteiger partial charge is 0.481 e. The lowest BCUT2D eigenvalue weighted by Crippen LogP contribution is -2.23. The van der Waals surface area contributed by atoms with E-state index in [1.54, 1.807) is 0 Å². The predicted octanol–water partition coefficient (Wildman–Crippen LogP) is 3.32.